The molecule has 1 aromatic heterocycles. The van der Waals surface area contributed by atoms with Gasteiger partial charge in [0.1, 0.15) is 0 Å². The van der Waals surface area contributed by atoms with Crippen molar-refractivity contribution >= 4 is 22.9 Å². The molecule has 21 heavy (non-hydrogen) atoms. The van der Waals surface area contributed by atoms with Crippen molar-refractivity contribution in [2.45, 2.75) is 33.1 Å². The van der Waals surface area contributed by atoms with Gasteiger partial charge in [0.15, 0.2) is 0 Å². The van der Waals surface area contributed by atoms with E-state index in [0.717, 1.165) is 24.9 Å². The summed E-state index contributed by atoms with van der Waals surface area (Å²) < 4.78 is 0. The van der Waals surface area contributed by atoms with Crippen molar-refractivity contribution in [3.63, 3.8) is 0 Å². The van der Waals surface area contributed by atoms with E-state index in [1.165, 1.54) is 16.1 Å². The number of hydrogen-bond acceptors (Lipinski definition) is 3. The molecule has 0 aliphatic heterocycles. The molecular weight excluding hydrogens is 280 g/mol. The van der Waals surface area contributed by atoms with Crippen molar-refractivity contribution in [3.8, 4) is 0 Å². The molecule has 4 heteroatoms. The molecule has 1 aliphatic rings. The molecule has 1 aliphatic carbocycles. The van der Waals surface area contributed by atoms with Crippen LogP contribution in [0.1, 0.15) is 29.5 Å². The molecule has 0 radical (unpaired) electrons. The second-order valence-corrected chi connectivity index (χ2v) is 6.52. The lowest BCUT2D eigenvalue weighted by atomic mass is 9.90. The first-order valence-corrected chi connectivity index (χ1v) is 8.36. The van der Waals surface area contributed by atoms with Crippen LogP contribution in [0, 0.1) is 12.8 Å². The number of anilines is 1. The average Bonchev–Trinajstić information content (AvgIpc) is 2.95. The van der Waals surface area contributed by atoms with Gasteiger partial charge in [-0.2, -0.15) is 0 Å². The molecule has 1 amide bonds. The number of rotatable bonds is 3. The monoisotopic (exact) mass is 300 g/mol. The largest absolute Gasteiger partial charge is 0.312 e. The van der Waals surface area contributed by atoms with E-state index in [0.29, 0.717) is 6.54 Å². The van der Waals surface area contributed by atoms with Crippen LogP contribution in [0.3, 0.4) is 0 Å². The summed E-state index contributed by atoms with van der Waals surface area (Å²) in [5.74, 6) is 0.348. The lowest BCUT2D eigenvalue weighted by Crippen LogP contribution is -2.38. The van der Waals surface area contributed by atoms with Gasteiger partial charge in [-0.3, -0.25) is 4.79 Å². The summed E-state index contributed by atoms with van der Waals surface area (Å²) >= 11 is 1.68. The van der Waals surface area contributed by atoms with Gasteiger partial charge in [0.05, 0.1) is 11.2 Å². The highest BCUT2D eigenvalue weighted by atomic mass is 32.1. The fourth-order valence-electron chi connectivity index (χ4n) is 2.99. The van der Waals surface area contributed by atoms with Gasteiger partial charge in [-0.25, -0.2) is 4.98 Å². The Labute approximate surface area is 129 Å². The minimum atomic E-state index is 0.0958. The zero-order chi connectivity index (χ0) is 14.8. The number of aryl methyl sites for hydroxylation is 2. The molecule has 3 rings (SSSR count). The molecule has 0 fully saturated rings. The van der Waals surface area contributed by atoms with Crippen LogP contribution in [0.15, 0.2) is 29.8 Å². The number of carbonyl (C=O) groups is 1. The van der Waals surface area contributed by atoms with E-state index in [-0.39, 0.29) is 11.8 Å². The number of benzene rings is 1. The first kappa shape index (κ1) is 14.3. The Morgan fingerprint density at radius 3 is 3.10 bits per heavy atom. The number of thiazole rings is 1. The Morgan fingerprint density at radius 2 is 2.33 bits per heavy atom. The molecule has 0 spiro atoms. The summed E-state index contributed by atoms with van der Waals surface area (Å²) in [6, 6.07) is 8.19. The van der Waals surface area contributed by atoms with Crippen LogP contribution in [0.5, 0.6) is 0 Å². The molecule has 2 aromatic rings. The number of hydrogen-bond donors (Lipinski definition) is 0. The molecule has 1 aromatic carbocycles. The molecular formula is C17H20N2OS. The molecule has 3 nitrogen and oxygen atoms in total. The van der Waals surface area contributed by atoms with Crippen molar-refractivity contribution in [1.29, 1.82) is 0 Å². The normalized spacial score (nSPS) is 17.3. The number of amides is 1. The smallest absolute Gasteiger partial charge is 0.230 e. The summed E-state index contributed by atoms with van der Waals surface area (Å²) in [5, 5.41) is 0. The van der Waals surface area contributed by atoms with E-state index in [2.05, 4.69) is 24.0 Å². The number of aromatic nitrogens is 1. The zero-order valence-electron chi connectivity index (χ0n) is 12.5. The Hall–Kier alpha value is -1.68. The van der Waals surface area contributed by atoms with Crippen LogP contribution in [0.25, 0.3) is 0 Å². The van der Waals surface area contributed by atoms with E-state index in [4.69, 9.17) is 0 Å². The van der Waals surface area contributed by atoms with Gasteiger partial charge in [-0.05, 0) is 50.8 Å². The Bertz CT molecular complexity index is 650. The van der Waals surface area contributed by atoms with Gasteiger partial charge >= 0.3 is 0 Å². The van der Waals surface area contributed by atoms with E-state index < -0.39 is 0 Å². The number of carbonyl (C=O) groups excluding carboxylic acids is 1. The molecule has 110 valence electrons. The first-order valence-electron chi connectivity index (χ1n) is 7.48. The molecule has 0 bridgehead atoms. The maximum absolute atomic E-state index is 12.9. The first-order chi connectivity index (χ1) is 10.2. The summed E-state index contributed by atoms with van der Waals surface area (Å²) in [4.78, 5) is 20.5. The SMILES string of the molecule is CCN(C(=O)C1CCc2ncsc2C1)c1cccc(C)c1. The quantitative estimate of drug-likeness (QED) is 0.867. The molecule has 1 heterocycles. The molecule has 0 saturated carbocycles. The number of nitrogens with zero attached hydrogens (tertiary/aromatic N) is 2. The van der Waals surface area contributed by atoms with Gasteiger partial charge in [-0.1, -0.05) is 12.1 Å². The minimum absolute atomic E-state index is 0.0958. The topological polar surface area (TPSA) is 33.2 Å². The van der Waals surface area contributed by atoms with Crippen molar-refractivity contribution < 1.29 is 4.79 Å². The third-order valence-corrected chi connectivity index (χ3v) is 5.03. The van der Waals surface area contributed by atoms with Gasteiger partial charge < -0.3 is 4.90 Å². The maximum atomic E-state index is 12.9. The highest BCUT2D eigenvalue weighted by Gasteiger charge is 2.29. The Morgan fingerprint density at radius 1 is 1.48 bits per heavy atom. The predicted molar refractivity (Wildman–Crippen MR) is 86.8 cm³/mol. The van der Waals surface area contributed by atoms with E-state index >= 15 is 0 Å². The number of fused-ring (bicyclic) bond motifs is 1. The Balaban J connectivity index is 1.80. The van der Waals surface area contributed by atoms with Crippen molar-refractivity contribution in [2.75, 3.05) is 11.4 Å². The molecule has 1 atom stereocenters. The van der Waals surface area contributed by atoms with Crippen LogP contribution in [0.4, 0.5) is 5.69 Å². The lowest BCUT2D eigenvalue weighted by Gasteiger charge is -2.28. The zero-order valence-corrected chi connectivity index (χ0v) is 13.3. The lowest BCUT2D eigenvalue weighted by molar-refractivity contribution is -0.122. The van der Waals surface area contributed by atoms with Gasteiger partial charge in [0.2, 0.25) is 5.91 Å². The van der Waals surface area contributed by atoms with E-state index in [1.807, 2.05) is 29.5 Å². The second-order valence-electron chi connectivity index (χ2n) is 5.58. The summed E-state index contributed by atoms with van der Waals surface area (Å²) in [6.45, 7) is 4.82. The molecule has 1 unspecified atom stereocenters. The van der Waals surface area contributed by atoms with Crippen LogP contribution in [0.2, 0.25) is 0 Å². The third kappa shape index (κ3) is 2.86. The maximum Gasteiger partial charge on any atom is 0.230 e. The fraction of sp³-hybridized carbons (Fsp3) is 0.412. The van der Waals surface area contributed by atoms with Crippen LogP contribution < -0.4 is 4.90 Å². The highest BCUT2D eigenvalue weighted by Crippen LogP contribution is 2.30. The van der Waals surface area contributed by atoms with Gasteiger partial charge in [0.25, 0.3) is 0 Å². The third-order valence-electron chi connectivity index (χ3n) is 4.13. The van der Waals surface area contributed by atoms with Crippen molar-refractivity contribution in [3.05, 3.63) is 45.9 Å². The van der Waals surface area contributed by atoms with Crippen molar-refractivity contribution in [1.82, 2.24) is 4.98 Å². The highest BCUT2D eigenvalue weighted by molar-refractivity contribution is 7.09. The van der Waals surface area contributed by atoms with Crippen molar-refractivity contribution in [2.24, 2.45) is 5.92 Å². The van der Waals surface area contributed by atoms with Crippen LogP contribution >= 0.6 is 11.3 Å². The second kappa shape index (κ2) is 5.98. The van der Waals surface area contributed by atoms with Crippen LogP contribution in [-0.2, 0) is 17.6 Å². The van der Waals surface area contributed by atoms with Crippen LogP contribution in [-0.4, -0.2) is 17.4 Å². The summed E-state index contributed by atoms with van der Waals surface area (Å²) in [5.41, 5.74) is 5.29. The molecule has 0 saturated heterocycles. The van der Waals surface area contributed by atoms with E-state index in [9.17, 15) is 4.79 Å². The summed E-state index contributed by atoms with van der Waals surface area (Å²) in [7, 11) is 0. The standard InChI is InChI=1S/C17H20N2OS/c1-3-19(14-6-4-5-12(2)9-14)17(20)13-7-8-15-16(10-13)21-11-18-15/h4-6,9,11,13H,3,7-8,10H2,1-2H3. The predicted octanol–water partition coefficient (Wildman–Crippen LogP) is 3.61. The van der Waals surface area contributed by atoms with Gasteiger partial charge in [0, 0.05) is 23.0 Å². The molecule has 0 N–H and O–H groups in total. The minimum Gasteiger partial charge on any atom is -0.312 e. The fourth-order valence-corrected chi connectivity index (χ4v) is 3.89. The summed E-state index contributed by atoms with van der Waals surface area (Å²) in [6.07, 6.45) is 2.69. The average molecular weight is 300 g/mol. The van der Waals surface area contributed by atoms with E-state index in [1.54, 1.807) is 11.3 Å². The van der Waals surface area contributed by atoms with Gasteiger partial charge in [-0.15, -0.1) is 11.3 Å². The Kier molecular flexibility index (Phi) is 4.06.